The summed E-state index contributed by atoms with van der Waals surface area (Å²) in [6, 6.07) is 10.0. The van der Waals surface area contributed by atoms with Crippen molar-refractivity contribution in [3.8, 4) is 16.9 Å². The van der Waals surface area contributed by atoms with Gasteiger partial charge >= 0.3 is 0 Å². The molecule has 0 radical (unpaired) electrons. The van der Waals surface area contributed by atoms with Gasteiger partial charge in [-0.2, -0.15) is 0 Å². The number of nitrogen functional groups attached to an aromatic ring is 1. The third-order valence-electron chi connectivity index (χ3n) is 4.37. The maximum Gasteiger partial charge on any atom is 0.279 e. The second-order valence-electron chi connectivity index (χ2n) is 5.94. The molecule has 0 unspecified atom stereocenters. The Balaban J connectivity index is 2.05. The van der Waals surface area contributed by atoms with Gasteiger partial charge < -0.3 is 10.6 Å². The normalized spacial score (nSPS) is 14.1. The van der Waals surface area contributed by atoms with Crippen LogP contribution in [-0.4, -0.2) is 16.8 Å². The first kappa shape index (κ1) is 14.7. The summed E-state index contributed by atoms with van der Waals surface area (Å²) in [7, 11) is 1.42. The van der Waals surface area contributed by atoms with Crippen molar-refractivity contribution in [3.05, 3.63) is 58.4 Å². The van der Waals surface area contributed by atoms with Crippen LogP contribution in [0.4, 0.5) is 4.39 Å². The molecule has 122 valence electrons. The molecule has 24 heavy (non-hydrogen) atoms. The fourth-order valence-electron chi connectivity index (χ4n) is 2.96. The number of methoxy groups -OCH3 is 1. The van der Waals surface area contributed by atoms with Crippen molar-refractivity contribution >= 4 is 10.9 Å². The fourth-order valence-corrected chi connectivity index (χ4v) is 2.96. The zero-order chi connectivity index (χ0) is 16.8. The molecule has 0 saturated heterocycles. The summed E-state index contributed by atoms with van der Waals surface area (Å²) in [6.07, 6.45) is 1.93. The molecule has 6 heteroatoms. The molecule has 4 rings (SSSR count). The Morgan fingerprint density at radius 2 is 1.92 bits per heavy atom. The number of benzene rings is 2. The highest BCUT2D eigenvalue weighted by molar-refractivity contribution is 5.93. The van der Waals surface area contributed by atoms with Crippen LogP contribution in [-0.2, 0) is 0 Å². The van der Waals surface area contributed by atoms with E-state index in [-0.39, 0.29) is 17.2 Å². The number of ether oxygens (including phenoxy) is 1. The minimum absolute atomic E-state index is 0.152. The van der Waals surface area contributed by atoms with Gasteiger partial charge in [-0.1, -0.05) is 24.3 Å². The van der Waals surface area contributed by atoms with Crippen LogP contribution in [0.1, 0.15) is 24.6 Å². The second-order valence-corrected chi connectivity index (χ2v) is 5.94. The van der Waals surface area contributed by atoms with Gasteiger partial charge in [-0.05, 0) is 25.0 Å². The molecule has 0 spiro atoms. The standard InChI is InChI=1S/C18H16FN3O2/c1-24-14-7-3-4-11(15(14)19)12-5-2-6-13-16(12)21-17(10-8-9-10)22(20)18(13)23/h2-7,10H,8-9,20H2,1H3. The lowest BCUT2D eigenvalue weighted by Crippen LogP contribution is -2.31. The van der Waals surface area contributed by atoms with Gasteiger partial charge in [0.2, 0.25) is 0 Å². The van der Waals surface area contributed by atoms with Crippen LogP contribution in [0.5, 0.6) is 5.75 Å². The molecule has 2 N–H and O–H groups in total. The van der Waals surface area contributed by atoms with Gasteiger partial charge in [-0.15, -0.1) is 0 Å². The lowest BCUT2D eigenvalue weighted by Gasteiger charge is -2.12. The maximum absolute atomic E-state index is 14.7. The number of hydrogen-bond acceptors (Lipinski definition) is 4. The first-order valence-corrected chi connectivity index (χ1v) is 7.75. The minimum atomic E-state index is -0.473. The third kappa shape index (κ3) is 2.14. The lowest BCUT2D eigenvalue weighted by atomic mass is 10.0. The van der Waals surface area contributed by atoms with Crippen molar-refractivity contribution in [3.63, 3.8) is 0 Å². The summed E-state index contributed by atoms with van der Waals surface area (Å²) in [5, 5.41) is 0.376. The van der Waals surface area contributed by atoms with Crippen molar-refractivity contribution in [2.45, 2.75) is 18.8 Å². The average Bonchev–Trinajstić information content (AvgIpc) is 3.43. The highest BCUT2D eigenvalue weighted by Gasteiger charge is 2.29. The Kier molecular flexibility index (Phi) is 3.26. The Labute approximate surface area is 137 Å². The monoisotopic (exact) mass is 325 g/mol. The molecule has 1 heterocycles. The SMILES string of the molecule is COc1cccc(-c2cccc3c(=O)n(N)c(C4CC4)nc23)c1F. The second kappa shape index (κ2) is 5.33. The smallest absolute Gasteiger partial charge is 0.279 e. The number of para-hydroxylation sites is 1. The highest BCUT2D eigenvalue weighted by atomic mass is 19.1. The van der Waals surface area contributed by atoms with E-state index in [4.69, 9.17) is 10.6 Å². The first-order valence-electron chi connectivity index (χ1n) is 7.75. The van der Waals surface area contributed by atoms with Crippen LogP contribution in [0.25, 0.3) is 22.0 Å². The van der Waals surface area contributed by atoms with Gasteiger partial charge in [-0.3, -0.25) is 4.79 Å². The van der Waals surface area contributed by atoms with Crippen LogP contribution in [0.3, 0.4) is 0 Å². The van der Waals surface area contributed by atoms with Crippen molar-refractivity contribution in [1.82, 2.24) is 9.66 Å². The average molecular weight is 325 g/mol. The zero-order valence-electron chi connectivity index (χ0n) is 13.1. The van der Waals surface area contributed by atoms with E-state index in [9.17, 15) is 9.18 Å². The van der Waals surface area contributed by atoms with E-state index < -0.39 is 5.82 Å². The van der Waals surface area contributed by atoms with E-state index in [1.54, 1.807) is 36.4 Å². The molecule has 1 aromatic heterocycles. The molecule has 0 bridgehead atoms. The molecule has 1 saturated carbocycles. The summed E-state index contributed by atoms with van der Waals surface area (Å²) < 4.78 is 20.8. The molecule has 0 atom stereocenters. The van der Waals surface area contributed by atoms with Crippen LogP contribution in [0.2, 0.25) is 0 Å². The molecular formula is C18H16FN3O2. The van der Waals surface area contributed by atoms with E-state index in [2.05, 4.69) is 4.98 Å². The van der Waals surface area contributed by atoms with Crippen molar-refractivity contribution in [1.29, 1.82) is 0 Å². The maximum atomic E-state index is 14.7. The molecule has 0 aliphatic heterocycles. The number of halogens is 1. The summed E-state index contributed by atoms with van der Waals surface area (Å²) in [5.41, 5.74) is 1.07. The summed E-state index contributed by atoms with van der Waals surface area (Å²) in [5.74, 6) is 6.34. The van der Waals surface area contributed by atoms with Crippen LogP contribution in [0, 0.1) is 5.82 Å². The van der Waals surface area contributed by atoms with Crippen LogP contribution >= 0.6 is 0 Å². The Morgan fingerprint density at radius 1 is 1.21 bits per heavy atom. The Bertz CT molecular complexity index is 1010. The molecule has 3 aromatic rings. The lowest BCUT2D eigenvalue weighted by molar-refractivity contribution is 0.387. The number of nitrogens with zero attached hydrogens (tertiary/aromatic N) is 2. The van der Waals surface area contributed by atoms with Gasteiger partial charge in [0.25, 0.3) is 5.56 Å². The predicted octanol–water partition coefficient (Wildman–Crippen LogP) is 2.80. The number of nitrogens with two attached hydrogens (primary N) is 1. The summed E-state index contributed by atoms with van der Waals surface area (Å²) >= 11 is 0. The molecular weight excluding hydrogens is 309 g/mol. The molecule has 5 nitrogen and oxygen atoms in total. The molecule has 1 fully saturated rings. The van der Waals surface area contributed by atoms with Crippen LogP contribution in [0.15, 0.2) is 41.2 Å². The van der Waals surface area contributed by atoms with Gasteiger partial charge in [-0.25, -0.2) is 14.1 Å². The van der Waals surface area contributed by atoms with E-state index in [0.717, 1.165) is 17.5 Å². The van der Waals surface area contributed by atoms with Crippen molar-refractivity contribution < 1.29 is 9.13 Å². The Hall–Kier alpha value is -2.89. The van der Waals surface area contributed by atoms with Gasteiger partial charge in [0.05, 0.1) is 18.0 Å². The van der Waals surface area contributed by atoms with Gasteiger partial charge in [0, 0.05) is 17.0 Å². The largest absolute Gasteiger partial charge is 0.494 e. The number of aromatic nitrogens is 2. The summed E-state index contributed by atoms with van der Waals surface area (Å²) in [6.45, 7) is 0. The van der Waals surface area contributed by atoms with Crippen molar-refractivity contribution in [2.75, 3.05) is 13.0 Å². The topological polar surface area (TPSA) is 70.1 Å². The summed E-state index contributed by atoms with van der Waals surface area (Å²) in [4.78, 5) is 17.2. The van der Waals surface area contributed by atoms with E-state index in [0.29, 0.717) is 27.9 Å². The van der Waals surface area contributed by atoms with Gasteiger partial charge in [0.1, 0.15) is 5.82 Å². The number of hydrogen-bond donors (Lipinski definition) is 1. The molecule has 1 aliphatic carbocycles. The Morgan fingerprint density at radius 3 is 2.62 bits per heavy atom. The number of rotatable bonds is 3. The number of fused-ring (bicyclic) bond motifs is 1. The molecule has 0 amide bonds. The van der Waals surface area contributed by atoms with E-state index in [1.807, 2.05) is 0 Å². The van der Waals surface area contributed by atoms with E-state index in [1.165, 1.54) is 7.11 Å². The van der Waals surface area contributed by atoms with Crippen LogP contribution < -0.4 is 16.1 Å². The first-order chi connectivity index (χ1) is 11.6. The minimum Gasteiger partial charge on any atom is -0.494 e. The van der Waals surface area contributed by atoms with Crippen molar-refractivity contribution in [2.24, 2.45) is 0 Å². The quantitative estimate of drug-likeness (QED) is 0.752. The third-order valence-corrected chi connectivity index (χ3v) is 4.37. The van der Waals surface area contributed by atoms with Gasteiger partial charge in [0.15, 0.2) is 11.6 Å². The fraction of sp³-hybridized carbons (Fsp3) is 0.222. The molecule has 1 aliphatic rings. The molecule has 2 aromatic carbocycles. The highest BCUT2D eigenvalue weighted by Crippen LogP contribution is 2.39. The predicted molar refractivity (Wildman–Crippen MR) is 90.1 cm³/mol. The van der Waals surface area contributed by atoms with E-state index >= 15 is 0 Å². The zero-order valence-corrected chi connectivity index (χ0v) is 13.1.